The second-order valence-electron chi connectivity index (χ2n) is 8.89. The van der Waals surface area contributed by atoms with E-state index >= 15 is 0 Å². The Morgan fingerprint density at radius 3 is 2.50 bits per heavy atom. The standard InChI is InChI=1S/C20H38N4O2/c1-16-8-6-12-23(14-16)18(21-5)22-11-10-17-9-7-13-24(15-17)19(25)26-20(2,3)4/h16-17H,6-15H2,1-5H3,(H,21,22). The molecule has 0 aromatic carbocycles. The minimum Gasteiger partial charge on any atom is -0.444 e. The first kappa shape index (κ1) is 20.8. The van der Waals surface area contributed by atoms with Crippen LogP contribution in [0.3, 0.4) is 0 Å². The fourth-order valence-corrected chi connectivity index (χ4v) is 3.90. The molecule has 0 bridgehead atoms. The zero-order valence-electron chi connectivity index (χ0n) is 17.4. The molecule has 2 fully saturated rings. The van der Waals surface area contributed by atoms with Crippen molar-refractivity contribution < 1.29 is 9.53 Å². The molecule has 0 saturated carbocycles. The summed E-state index contributed by atoms with van der Waals surface area (Å²) >= 11 is 0. The van der Waals surface area contributed by atoms with Gasteiger partial charge in [0.25, 0.3) is 0 Å². The number of aliphatic imine (C=N–C) groups is 1. The number of likely N-dealkylation sites (tertiary alicyclic amines) is 2. The van der Waals surface area contributed by atoms with E-state index in [1.54, 1.807) is 0 Å². The predicted molar refractivity (Wildman–Crippen MR) is 106 cm³/mol. The third kappa shape index (κ3) is 6.69. The van der Waals surface area contributed by atoms with Crippen LogP contribution in [-0.2, 0) is 4.74 Å². The van der Waals surface area contributed by atoms with Gasteiger partial charge >= 0.3 is 6.09 Å². The van der Waals surface area contributed by atoms with E-state index in [9.17, 15) is 4.79 Å². The maximum Gasteiger partial charge on any atom is 0.410 e. The number of piperidine rings is 2. The van der Waals surface area contributed by atoms with E-state index in [1.165, 1.54) is 19.3 Å². The molecule has 1 N–H and O–H groups in total. The van der Waals surface area contributed by atoms with Gasteiger partial charge in [0.15, 0.2) is 5.96 Å². The minimum absolute atomic E-state index is 0.173. The van der Waals surface area contributed by atoms with Crippen molar-refractivity contribution in [3.05, 3.63) is 0 Å². The Morgan fingerprint density at radius 2 is 1.85 bits per heavy atom. The number of guanidine groups is 1. The molecule has 0 aromatic rings. The lowest BCUT2D eigenvalue weighted by atomic mass is 9.95. The maximum absolute atomic E-state index is 12.3. The summed E-state index contributed by atoms with van der Waals surface area (Å²) in [5, 5.41) is 3.53. The molecule has 1 amide bonds. The van der Waals surface area contributed by atoms with Gasteiger partial charge < -0.3 is 19.9 Å². The molecule has 6 nitrogen and oxygen atoms in total. The van der Waals surface area contributed by atoms with Crippen LogP contribution in [0.5, 0.6) is 0 Å². The Balaban J connectivity index is 1.75. The molecule has 2 heterocycles. The molecule has 0 radical (unpaired) electrons. The van der Waals surface area contributed by atoms with Gasteiger partial charge in [-0.15, -0.1) is 0 Å². The molecular weight excluding hydrogens is 328 g/mol. The van der Waals surface area contributed by atoms with E-state index in [4.69, 9.17) is 4.74 Å². The van der Waals surface area contributed by atoms with E-state index in [-0.39, 0.29) is 6.09 Å². The summed E-state index contributed by atoms with van der Waals surface area (Å²) in [6.45, 7) is 12.8. The average Bonchev–Trinajstić information content (AvgIpc) is 2.57. The van der Waals surface area contributed by atoms with E-state index in [1.807, 2.05) is 32.7 Å². The van der Waals surface area contributed by atoms with Gasteiger partial charge in [-0.2, -0.15) is 0 Å². The SMILES string of the molecule is CN=C(NCCC1CCCN(C(=O)OC(C)(C)C)C1)N1CCCC(C)C1. The topological polar surface area (TPSA) is 57.2 Å². The number of rotatable bonds is 3. The lowest BCUT2D eigenvalue weighted by Crippen LogP contribution is -2.47. The van der Waals surface area contributed by atoms with Crippen molar-refractivity contribution in [3.8, 4) is 0 Å². The number of carbonyl (C=O) groups is 1. The van der Waals surface area contributed by atoms with Crippen molar-refractivity contribution in [2.45, 2.75) is 65.4 Å². The fraction of sp³-hybridized carbons (Fsp3) is 0.900. The third-order valence-electron chi connectivity index (χ3n) is 5.17. The lowest BCUT2D eigenvalue weighted by molar-refractivity contribution is 0.0162. The predicted octanol–water partition coefficient (Wildman–Crippen LogP) is 3.33. The zero-order chi connectivity index (χ0) is 19.2. The van der Waals surface area contributed by atoms with Crippen LogP contribution in [0, 0.1) is 11.8 Å². The molecule has 0 spiro atoms. The largest absolute Gasteiger partial charge is 0.444 e. The normalized spacial score (nSPS) is 25.2. The highest BCUT2D eigenvalue weighted by atomic mass is 16.6. The number of carbonyl (C=O) groups excluding carboxylic acids is 1. The molecule has 2 atom stereocenters. The van der Waals surface area contributed by atoms with Gasteiger partial charge in [-0.05, 0) is 64.7 Å². The van der Waals surface area contributed by atoms with E-state index < -0.39 is 5.60 Å². The van der Waals surface area contributed by atoms with E-state index in [0.29, 0.717) is 5.92 Å². The van der Waals surface area contributed by atoms with Gasteiger partial charge in [-0.25, -0.2) is 4.79 Å². The highest BCUT2D eigenvalue weighted by Gasteiger charge is 2.27. The number of hydrogen-bond acceptors (Lipinski definition) is 3. The molecule has 2 unspecified atom stereocenters. The summed E-state index contributed by atoms with van der Waals surface area (Å²) in [4.78, 5) is 21.0. The second-order valence-corrected chi connectivity index (χ2v) is 8.89. The Labute approximate surface area is 159 Å². The minimum atomic E-state index is -0.427. The second kappa shape index (κ2) is 9.47. The lowest BCUT2D eigenvalue weighted by Gasteiger charge is -2.35. The number of amides is 1. The van der Waals surface area contributed by atoms with Gasteiger partial charge in [0, 0.05) is 39.8 Å². The van der Waals surface area contributed by atoms with Crippen LogP contribution < -0.4 is 5.32 Å². The van der Waals surface area contributed by atoms with Crippen molar-refractivity contribution in [2.75, 3.05) is 39.8 Å². The Morgan fingerprint density at radius 1 is 1.15 bits per heavy atom. The number of nitrogens with zero attached hydrogens (tertiary/aromatic N) is 3. The Kier molecular flexibility index (Phi) is 7.59. The summed E-state index contributed by atoms with van der Waals surface area (Å²) in [5.74, 6) is 2.29. The van der Waals surface area contributed by atoms with Gasteiger partial charge in [0.1, 0.15) is 5.60 Å². The fourth-order valence-electron chi connectivity index (χ4n) is 3.90. The number of hydrogen-bond donors (Lipinski definition) is 1. The van der Waals surface area contributed by atoms with Gasteiger partial charge in [0.05, 0.1) is 0 Å². The summed E-state index contributed by atoms with van der Waals surface area (Å²) in [6.07, 6.45) is 5.68. The van der Waals surface area contributed by atoms with Crippen LogP contribution >= 0.6 is 0 Å². The quantitative estimate of drug-likeness (QED) is 0.615. The Hall–Kier alpha value is -1.46. The first-order chi connectivity index (χ1) is 12.3. The molecule has 26 heavy (non-hydrogen) atoms. The molecule has 150 valence electrons. The summed E-state index contributed by atoms with van der Waals surface area (Å²) in [6, 6.07) is 0. The Bertz CT molecular complexity index is 487. The van der Waals surface area contributed by atoms with Crippen LogP contribution in [0.2, 0.25) is 0 Å². The maximum atomic E-state index is 12.3. The van der Waals surface area contributed by atoms with Crippen LogP contribution in [0.15, 0.2) is 4.99 Å². The first-order valence-electron chi connectivity index (χ1n) is 10.2. The van der Waals surface area contributed by atoms with Crippen molar-refractivity contribution in [1.82, 2.24) is 15.1 Å². The highest BCUT2D eigenvalue weighted by Crippen LogP contribution is 2.21. The van der Waals surface area contributed by atoms with Crippen LogP contribution in [0.25, 0.3) is 0 Å². The molecular formula is C20H38N4O2. The number of ether oxygens (including phenoxy) is 1. The highest BCUT2D eigenvalue weighted by molar-refractivity contribution is 5.79. The number of nitrogens with one attached hydrogen (secondary N) is 1. The van der Waals surface area contributed by atoms with Crippen LogP contribution in [0.1, 0.15) is 59.8 Å². The van der Waals surface area contributed by atoms with Crippen molar-refractivity contribution >= 4 is 12.1 Å². The average molecular weight is 367 g/mol. The zero-order valence-corrected chi connectivity index (χ0v) is 17.4. The van der Waals surface area contributed by atoms with Crippen molar-refractivity contribution in [3.63, 3.8) is 0 Å². The van der Waals surface area contributed by atoms with Crippen LogP contribution in [-0.4, -0.2) is 67.2 Å². The van der Waals surface area contributed by atoms with Crippen molar-refractivity contribution in [1.29, 1.82) is 0 Å². The molecule has 0 aromatic heterocycles. The van der Waals surface area contributed by atoms with Gasteiger partial charge in [-0.1, -0.05) is 6.92 Å². The van der Waals surface area contributed by atoms with Gasteiger partial charge in [-0.3, -0.25) is 4.99 Å². The molecule has 2 aliphatic heterocycles. The summed E-state index contributed by atoms with van der Waals surface area (Å²) < 4.78 is 5.52. The monoisotopic (exact) mass is 366 g/mol. The van der Waals surface area contributed by atoms with Crippen molar-refractivity contribution in [2.24, 2.45) is 16.8 Å². The van der Waals surface area contributed by atoms with E-state index in [2.05, 4.69) is 22.1 Å². The van der Waals surface area contributed by atoms with Crippen LogP contribution in [0.4, 0.5) is 4.79 Å². The molecule has 0 aliphatic carbocycles. The molecule has 6 heteroatoms. The third-order valence-corrected chi connectivity index (χ3v) is 5.17. The molecule has 2 aliphatic rings. The van der Waals surface area contributed by atoms with Gasteiger partial charge in [0.2, 0.25) is 0 Å². The van der Waals surface area contributed by atoms with E-state index in [0.717, 1.165) is 57.4 Å². The summed E-state index contributed by atoms with van der Waals surface area (Å²) in [7, 11) is 1.87. The first-order valence-corrected chi connectivity index (χ1v) is 10.2. The summed E-state index contributed by atoms with van der Waals surface area (Å²) in [5.41, 5.74) is -0.427. The smallest absolute Gasteiger partial charge is 0.410 e. The molecule has 2 rings (SSSR count). The molecule has 2 saturated heterocycles.